The van der Waals surface area contributed by atoms with Crippen LogP contribution in [0.25, 0.3) is 11.3 Å². The zero-order chi connectivity index (χ0) is 22.2. The molecule has 1 heterocycles. The van der Waals surface area contributed by atoms with Crippen molar-refractivity contribution in [1.29, 1.82) is 0 Å². The molecular weight excluding hydrogens is 418 g/mol. The van der Waals surface area contributed by atoms with E-state index in [1.807, 2.05) is 24.3 Å². The number of carbonyl (C=O) groups is 1. The van der Waals surface area contributed by atoms with Gasteiger partial charge in [0, 0.05) is 35.5 Å². The summed E-state index contributed by atoms with van der Waals surface area (Å²) in [6.45, 7) is 0. The molecule has 0 aliphatic carbocycles. The zero-order valence-corrected chi connectivity index (χ0v) is 18.5. The number of ether oxygens (including phenoxy) is 4. The molecule has 0 saturated carbocycles. The van der Waals surface area contributed by atoms with E-state index in [0.717, 1.165) is 5.56 Å². The normalized spacial score (nSPS) is 10.3. The van der Waals surface area contributed by atoms with Crippen molar-refractivity contribution in [1.82, 2.24) is 10.2 Å². The molecule has 0 aliphatic rings. The quantitative estimate of drug-likeness (QED) is 0.500. The molecule has 0 fully saturated rings. The minimum Gasteiger partial charge on any atom is -0.497 e. The Kier molecular flexibility index (Phi) is 7.55. The lowest BCUT2D eigenvalue weighted by atomic mass is 10.1. The fraction of sp³-hybridized carbons (Fsp3) is 0.227. The van der Waals surface area contributed by atoms with Gasteiger partial charge < -0.3 is 24.3 Å². The topological polar surface area (TPSA) is 91.8 Å². The van der Waals surface area contributed by atoms with Crippen LogP contribution >= 0.6 is 11.8 Å². The van der Waals surface area contributed by atoms with Crippen molar-refractivity contribution < 1.29 is 23.7 Å². The predicted octanol–water partition coefficient (Wildman–Crippen LogP) is 3.91. The van der Waals surface area contributed by atoms with Crippen molar-refractivity contribution in [2.45, 2.75) is 5.03 Å². The number of hydrogen-bond acceptors (Lipinski definition) is 8. The molecule has 0 aliphatic heterocycles. The van der Waals surface area contributed by atoms with Crippen molar-refractivity contribution in [3.8, 4) is 34.3 Å². The second-order valence-corrected chi connectivity index (χ2v) is 7.26. The molecule has 2 aromatic carbocycles. The second-order valence-electron chi connectivity index (χ2n) is 6.26. The van der Waals surface area contributed by atoms with E-state index in [-0.39, 0.29) is 11.7 Å². The largest absolute Gasteiger partial charge is 0.497 e. The number of hydrogen-bond donors (Lipinski definition) is 1. The van der Waals surface area contributed by atoms with Gasteiger partial charge >= 0.3 is 0 Å². The van der Waals surface area contributed by atoms with Crippen molar-refractivity contribution >= 4 is 23.4 Å². The summed E-state index contributed by atoms with van der Waals surface area (Å²) in [5, 5.41) is 11.9. The average molecular weight is 442 g/mol. The highest BCUT2D eigenvalue weighted by molar-refractivity contribution is 7.99. The highest BCUT2D eigenvalue weighted by atomic mass is 32.2. The van der Waals surface area contributed by atoms with Gasteiger partial charge in [-0.1, -0.05) is 11.8 Å². The molecule has 0 spiro atoms. The van der Waals surface area contributed by atoms with E-state index < -0.39 is 0 Å². The summed E-state index contributed by atoms with van der Waals surface area (Å²) in [5.74, 6) is 2.53. The molecule has 31 heavy (non-hydrogen) atoms. The van der Waals surface area contributed by atoms with Crippen LogP contribution in [0.5, 0.6) is 23.0 Å². The Morgan fingerprint density at radius 2 is 1.55 bits per heavy atom. The van der Waals surface area contributed by atoms with Gasteiger partial charge in [0.1, 0.15) is 28.0 Å². The minimum atomic E-state index is -0.178. The molecule has 0 atom stereocenters. The molecule has 0 saturated heterocycles. The predicted molar refractivity (Wildman–Crippen MR) is 119 cm³/mol. The van der Waals surface area contributed by atoms with E-state index in [4.69, 9.17) is 18.9 Å². The van der Waals surface area contributed by atoms with Crippen molar-refractivity contribution in [2.75, 3.05) is 39.5 Å². The number of nitrogens with one attached hydrogen (secondary N) is 1. The van der Waals surface area contributed by atoms with Crippen LogP contribution in [-0.2, 0) is 4.79 Å². The van der Waals surface area contributed by atoms with Gasteiger partial charge in [-0.05, 0) is 24.3 Å². The molecule has 1 N–H and O–H groups in total. The molecule has 1 amide bonds. The smallest absolute Gasteiger partial charge is 0.234 e. The first kappa shape index (κ1) is 22.2. The van der Waals surface area contributed by atoms with E-state index in [9.17, 15) is 4.79 Å². The highest BCUT2D eigenvalue weighted by Gasteiger charge is 2.11. The fourth-order valence-corrected chi connectivity index (χ4v) is 3.38. The molecule has 9 heteroatoms. The van der Waals surface area contributed by atoms with E-state index in [1.165, 1.54) is 11.8 Å². The van der Waals surface area contributed by atoms with E-state index in [2.05, 4.69) is 15.5 Å². The molecule has 1 aromatic heterocycles. The first-order valence-electron chi connectivity index (χ1n) is 9.28. The third-order valence-electron chi connectivity index (χ3n) is 4.31. The summed E-state index contributed by atoms with van der Waals surface area (Å²) < 4.78 is 21.1. The maximum atomic E-state index is 12.3. The first-order valence-corrected chi connectivity index (χ1v) is 10.3. The van der Waals surface area contributed by atoms with Crippen LogP contribution in [-0.4, -0.2) is 50.3 Å². The average Bonchev–Trinajstić information content (AvgIpc) is 2.82. The monoisotopic (exact) mass is 441 g/mol. The molecule has 0 unspecified atom stereocenters. The van der Waals surface area contributed by atoms with Gasteiger partial charge in [0.25, 0.3) is 0 Å². The lowest BCUT2D eigenvalue weighted by molar-refractivity contribution is -0.113. The van der Waals surface area contributed by atoms with Gasteiger partial charge in [-0.15, -0.1) is 10.2 Å². The standard InChI is InChI=1S/C22H23N3O5S/c1-27-15-5-6-18(20(12-15)30-4)19-7-8-22(25-24-19)31-13-21(26)23-14-9-16(28-2)11-17(10-14)29-3/h5-12H,13H2,1-4H3,(H,23,26). The van der Waals surface area contributed by atoms with Gasteiger partial charge in [-0.2, -0.15) is 0 Å². The number of thioether (sulfide) groups is 1. The molecule has 162 valence electrons. The lowest BCUT2D eigenvalue weighted by Gasteiger charge is -2.10. The molecule has 3 rings (SSSR count). The van der Waals surface area contributed by atoms with Crippen LogP contribution in [0.15, 0.2) is 53.6 Å². The summed E-state index contributed by atoms with van der Waals surface area (Å²) in [4.78, 5) is 12.3. The Morgan fingerprint density at radius 3 is 2.13 bits per heavy atom. The zero-order valence-electron chi connectivity index (χ0n) is 17.7. The van der Waals surface area contributed by atoms with E-state index in [1.54, 1.807) is 52.7 Å². The number of benzene rings is 2. The summed E-state index contributed by atoms with van der Waals surface area (Å²) in [6.07, 6.45) is 0. The number of nitrogens with zero attached hydrogens (tertiary/aromatic N) is 2. The first-order chi connectivity index (χ1) is 15.1. The number of carbonyl (C=O) groups excluding carboxylic acids is 1. The van der Waals surface area contributed by atoms with Crippen LogP contribution in [0.2, 0.25) is 0 Å². The number of rotatable bonds is 9. The molecule has 0 radical (unpaired) electrons. The SMILES string of the molecule is COc1cc(NC(=O)CSc2ccc(-c3ccc(OC)cc3OC)nn2)cc(OC)c1. The molecular formula is C22H23N3O5S. The van der Waals surface area contributed by atoms with Gasteiger partial charge in [0.05, 0.1) is 39.9 Å². The van der Waals surface area contributed by atoms with Crippen LogP contribution in [0.1, 0.15) is 0 Å². The number of amides is 1. The third kappa shape index (κ3) is 5.79. The lowest BCUT2D eigenvalue weighted by Crippen LogP contribution is -2.14. The van der Waals surface area contributed by atoms with E-state index >= 15 is 0 Å². The molecule has 0 bridgehead atoms. The summed E-state index contributed by atoms with van der Waals surface area (Å²) in [7, 11) is 6.30. The minimum absolute atomic E-state index is 0.178. The Balaban J connectivity index is 1.62. The number of aromatic nitrogens is 2. The Labute approximate surface area is 184 Å². The highest BCUT2D eigenvalue weighted by Crippen LogP contribution is 2.32. The van der Waals surface area contributed by atoms with Gasteiger partial charge in [0.15, 0.2) is 0 Å². The Morgan fingerprint density at radius 1 is 0.839 bits per heavy atom. The number of methoxy groups -OCH3 is 4. The molecule has 8 nitrogen and oxygen atoms in total. The summed E-state index contributed by atoms with van der Waals surface area (Å²) >= 11 is 1.29. The third-order valence-corrected chi connectivity index (χ3v) is 5.23. The Hall–Kier alpha value is -3.46. The van der Waals surface area contributed by atoms with Gasteiger partial charge in [-0.3, -0.25) is 4.79 Å². The summed E-state index contributed by atoms with van der Waals surface area (Å²) in [5.41, 5.74) is 2.06. The van der Waals surface area contributed by atoms with Crippen LogP contribution < -0.4 is 24.3 Å². The van der Waals surface area contributed by atoms with Crippen molar-refractivity contribution in [3.63, 3.8) is 0 Å². The van der Waals surface area contributed by atoms with Gasteiger partial charge in [0.2, 0.25) is 5.91 Å². The maximum Gasteiger partial charge on any atom is 0.234 e. The van der Waals surface area contributed by atoms with Crippen LogP contribution in [0.4, 0.5) is 5.69 Å². The van der Waals surface area contributed by atoms with Gasteiger partial charge in [-0.25, -0.2) is 0 Å². The Bertz CT molecular complexity index is 1020. The summed E-state index contributed by atoms with van der Waals surface area (Å²) in [6, 6.07) is 14.3. The van der Waals surface area contributed by atoms with Crippen LogP contribution in [0.3, 0.4) is 0 Å². The second kappa shape index (κ2) is 10.5. The van der Waals surface area contributed by atoms with E-state index in [0.29, 0.717) is 39.4 Å². The molecule has 3 aromatic rings. The fourth-order valence-electron chi connectivity index (χ4n) is 2.77. The van der Waals surface area contributed by atoms with Crippen molar-refractivity contribution in [3.05, 3.63) is 48.5 Å². The number of anilines is 1. The van der Waals surface area contributed by atoms with Crippen molar-refractivity contribution in [2.24, 2.45) is 0 Å². The van der Waals surface area contributed by atoms with Crippen LogP contribution in [0, 0.1) is 0 Å². The maximum absolute atomic E-state index is 12.3.